The largest absolute Gasteiger partial charge is 0.493 e. The molecular weight excluding hydrogens is 494 g/mol. The molecule has 1 fully saturated rings. The van der Waals surface area contributed by atoms with Crippen LogP contribution in [0.2, 0.25) is 5.02 Å². The minimum atomic E-state index is -0.335. The van der Waals surface area contributed by atoms with Gasteiger partial charge in [0.05, 0.1) is 18.6 Å². The number of hydrogen-bond acceptors (Lipinski definition) is 5. The second-order valence-corrected chi connectivity index (χ2v) is 9.57. The first-order chi connectivity index (χ1) is 17.5. The number of hydrogen-bond donors (Lipinski definition) is 0. The molecule has 0 unspecified atom stereocenters. The third kappa shape index (κ3) is 4.83. The maximum absolute atomic E-state index is 13.3. The molecule has 4 aromatic rings. The molecule has 1 saturated heterocycles. The highest BCUT2D eigenvalue weighted by Gasteiger charge is 2.35. The van der Waals surface area contributed by atoms with Crippen molar-refractivity contribution in [3.63, 3.8) is 0 Å². The summed E-state index contributed by atoms with van der Waals surface area (Å²) in [7, 11) is 1.56. The Bertz CT molecular complexity index is 1490. The van der Waals surface area contributed by atoms with Crippen molar-refractivity contribution in [2.45, 2.75) is 13.2 Å². The maximum Gasteiger partial charge on any atom is 0.293 e. The van der Waals surface area contributed by atoms with Crippen LogP contribution in [-0.2, 0) is 17.9 Å². The quantitative estimate of drug-likeness (QED) is 0.241. The number of nitrogens with zero attached hydrogens (tertiary/aromatic N) is 1. The normalized spacial score (nSPS) is 14.6. The molecule has 0 aliphatic carbocycles. The average molecular weight is 516 g/mol. The Hall–Kier alpha value is -3.74. The van der Waals surface area contributed by atoms with Crippen LogP contribution in [0.15, 0.2) is 89.8 Å². The van der Waals surface area contributed by atoms with E-state index in [9.17, 15) is 9.59 Å². The minimum absolute atomic E-state index is 0.206. The summed E-state index contributed by atoms with van der Waals surface area (Å²) >= 11 is 7.20. The number of imide groups is 1. The summed E-state index contributed by atoms with van der Waals surface area (Å²) in [5, 5.41) is 2.38. The number of methoxy groups -OCH3 is 1. The zero-order valence-electron chi connectivity index (χ0n) is 19.4. The number of para-hydroxylation sites is 1. The summed E-state index contributed by atoms with van der Waals surface area (Å²) in [6, 6.07) is 26.7. The van der Waals surface area contributed by atoms with E-state index in [0.29, 0.717) is 27.0 Å². The van der Waals surface area contributed by atoms with E-state index in [0.717, 1.165) is 33.7 Å². The number of amides is 2. The van der Waals surface area contributed by atoms with Crippen LogP contribution < -0.4 is 9.47 Å². The van der Waals surface area contributed by atoms with E-state index in [2.05, 4.69) is 0 Å². The van der Waals surface area contributed by atoms with Gasteiger partial charge in [0, 0.05) is 16.1 Å². The number of carbonyl (C=O) groups excluding carboxylic acids is 2. The van der Waals surface area contributed by atoms with Crippen molar-refractivity contribution >= 4 is 51.4 Å². The molecule has 0 spiro atoms. The first-order valence-electron chi connectivity index (χ1n) is 11.3. The molecule has 0 radical (unpaired) electrons. The number of ether oxygens (including phenoxy) is 2. The summed E-state index contributed by atoms with van der Waals surface area (Å²) < 4.78 is 11.6. The van der Waals surface area contributed by atoms with E-state index in [4.69, 9.17) is 21.1 Å². The molecule has 1 heterocycles. The Morgan fingerprint density at radius 1 is 0.889 bits per heavy atom. The van der Waals surface area contributed by atoms with Gasteiger partial charge < -0.3 is 9.47 Å². The van der Waals surface area contributed by atoms with Gasteiger partial charge in [-0.15, -0.1) is 0 Å². The van der Waals surface area contributed by atoms with Crippen molar-refractivity contribution in [3.8, 4) is 11.5 Å². The number of carbonyl (C=O) groups is 2. The van der Waals surface area contributed by atoms with Crippen molar-refractivity contribution in [3.05, 3.63) is 112 Å². The van der Waals surface area contributed by atoms with Crippen molar-refractivity contribution in [1.29, 1.82) is 0 Å². The molecule has 1 aliphatic rings. The van der Waals surface area contributed by atoms with Crippen LogP contribution in [0, 0.1) is 0 Å². The van der Waals surface area contributed by atoms with Gasteiger partial charge in [-0.25, -0.2) is 0 Å². The van der Waals surface area contributed by atoms with Crippen LogP contribution >= 0.6 is 23.4 Å². The van der Waals surface area contributed by atoms with Gasteiger partial charge in [-0.2, -0.15) is 0 Å². The molecule has 4 aromatic carbocycles. The second kappa shape index (κ2) is 10.5. The lowest BCUT2D eigenvalue weighted by Gasteiger charge is -2.15. The fourth-order valence-electron chi connectivity index (χ4n) is 4.11. The van der Waals surface area contributed by atoms with Gasteiger partial charge in [0.25, 0.3) is 11.1 Å². The highest BCUT2D eigenvalue weighted by Crippen LogP contribution is 2.38. The van der Waals surface area contributed by atoms with E-state index < -0.39 is 0 Å². The SMILES string of the molecule is COc1cccc(/C=C2\SC(=O)N(Cc3cccc4ccccc34)C2=O)c1OCc1ccccc1Cl. The Morgan fingerprint density at radius 2 is 1.61 bits per heavy atom. The number of rotatable bonds is 7. The Balaban J connectivity index is 1.42. The lowest BCUT2D eigenvalue weighted by atomic mass is 10.0. The molecule has 36 heavy (non-hydrogen) atoms. The van der Waals surface area contributed by atoms with Crippen molar-refractivity contribution in [1.82, 2.24) is 4.90 Å². The Kier molecular flexibility index (Phi) is 6.98. The topological polar surface area (TPSA) is 55.8 Å². The van der Waals surface area contributed by atoms with E-state index in [1.807, 2.05) is 72.8 Å². The fraction of sp³-hybridized carbons (Fsp3) is 0.103. The Morgan fingerprint density at radius 3 is 2.44 bits per heavy atom. The zero-order chi connectivity index (χ0) is 25.1. The van der Waals surface area contributed by atoms with Gasteiger partial charge >= 0.3 is 0 Å². The van der Waals surface area contributed by atoms with Gasteiger partial charge in [0.15, 0.2) is 11.5 Å². The minimum Gasteiger partial charge on any atom is -0.493 e. The molecule has 0 bridgehead atoms. The van der Waals surface area contributed by atoms with E-state index in [1.165, 1.54) is 4.90 Å². The summed E-state index contributed by atoms with van der Waals surface area (Å²) in [5.41, 5.74) is 2.38. The highest BCUT2D eigenvalue weighted by molar-refractivity contribution is 8.18. The summed E-state index contributed by atoms with van der Waals surface area (Å²) in [4.78, 5) is 27.7. The fourth-order valence-corrected chi connectivity index (χ4v) is 5.12. The molecule has 7 heteroatoms. The van der Waals surface area contributed by atoms with Gasteiger partial charge in [-0.1, -0.05) is 84.4 Å². The van der Waals surface area contributed by atoms with Crippen molar-refractivity contribution in [2.24, 2.45) is 0 Å². The molecule has 0 aromatic heterocycles. The van der Waals surface area contributed by atoms with E-state index in [1.54, 1.807) is 25.3 Å². The smallest absolute Gasteiger partial charge is 0.293 e. The zero-order valence-corrected chi connectivity index (χ0v) is 21.0. The summed E-state index contributed by atoms with van der Waals surface area (Å²) in [5.74, 6) is 0.657. The molecule has 0 N–H and O–H groups in total. The molecule has 0 atom stereocenters. The lowest BCUT2D eigenvalue weighted by molar-refractivity contribution is -0.123. The third-order valence-corrected chi connectivity index (χ3v) is 7.20. The van der Waals surface area contributed by atoms with Crippen LogP contribution in [0.1, 0.15) is 16.7 Å². The number of benzene rings is 4. The van der Waals surface area contributed by atoms with Gasteiger partial charge in [-0.3, -0.25) is 14.5 Å². The van der Waals surface area contributed by atoms with E-state index >= 15 is 0 Å². The standard InChI is InChI=1S/C29H22ClNO4S/c1-34-25-15-7-11-20(27(25)35-18-22-9-3-5-14-24(22)30)16-26-28(32)31(29(33)36-26)17-21-12-6-10-19-8-2-4-13-23(19)21/h2-16H,17-18H2,1H3/b26-16-. The van der Waals surface area contributed by atoms with Gasteiger partial charge in [-0.05, 0) is 46.3 Å². The first kappa shape index (κ1) is 24.0. The van der Waals surface area contributed by atoms with Crippen LogP contribution in [-0.4, -0.2) is 23.2 Å². The molecule has 2 amide bonds. The maximum atomic E-state index is 13.3. The summed E-state index contributed by atoms with van der Waals surface area (Å²) in [6.45, 7) is 0.431. The predicted octanol–water partition coefficient (Wildman–Crippen LogP) is 7.32. The molecule has 5 rings (SSSR count). The van der Waals surface area contributed by atoms with Crippen LogP contribution in [0.25, 0.3) is 16.8 Å². The third-order valence-electron chi connectivity index (χ3n) is 5.93. The van der Waals surface area contributed by atoms with Crippen LogP contribution in [0.5, 0.6) is 11.5 Å². The number of thioether (sulfide) groups is 1. The van der Waals surface area contributed by atoms with Gasteiger partial charge in [0.1, 0.15) is 6.61 Å². The second-order valence-electron chi connectivity index (χ2n) is 8.16. The molecule has 180 valence electrons. The monoisotopic (exact) mass is 515 g/mol. The van der Waals surface area contributed by atoms with Crippen LogP contribution in [0.4, 0.5) is 4.79 Å². The predicted molar refractivity (Wildman–Crippen MR) is 144 cm³/mol. The van der Waals surface area contributed by atoms with Crippen molar-refractivity contribution < 1.29 is 19.1 Å². The number of fused-ring (bicyclic) bond motifs is 1. The average Bonchev–Trinajstić information content (AvgIpc) is 3.16. The number of halogens is 1. The van der Waals surface area contributed by atoms with E-state index in [-0.39, 0.29) is 24.3 Å². The first-order valence-corrected chi connectivity index (χ1v) is 12.5. The lowest BCUT2D eigenvalue weighted by Crippen LogP contribution is -2.27. The van der Waals surface area contributed by atoms with Crippen LogP contribution in [0.3, 0.4) is 0 Å². The molecule has 0 saturated carbocycles. The Labute approximate surface area is 218 Å². The molecule has 5 nitrogen and oxygen atoms in total. The van der Waals surface area contributed by atoms with Gasteiger partial charge in [0.2, 0.25) is 0 Å². The molecule has 1 aliphatic heterocycles. The summed E-state index contributed by atoms with van der Waals surface area (Å²) in [6.07, 6.45) is 1.68. The molecular formula is C29H22ClNO4S. The van der Waals surface area contributed by atoms with Crippen molar-refractivity contribution in [2.75, 3.05) is 7.11 Å². The highest BCUT2D eigenvalue weighted by atomic mass is 35.5.